The van der Waals surface area contributed by atoms with Gasteiger partial charge in [0, 0.05) is 12.1 Å². The van der Waals surface area contributed by atoms with Crippen molar-refractivity contribution in [1.82, 2.24) is 0 Å². The summed E-state index contributed by atoms with van der Waals surface area (Å²) < 4.78 is 5.60. The Morgan fingerprint density at radius 3 is 2.59 bits per heavy atom. The summed E-state index contributed by atoms with van der Waals surface area (Å²) >= 11 is 0. The molecule has 2 aromatic rings. The normalized spacial score (nSPS) is 10.5. The molecule has 0 aliphatic carbocycles. The predicted octanol–water partition coefficient (Wildman–Crippen LogP) is 3.47. The van der Waals surface area contributed by atoms with Crippen molar-refractivity contribution in [2.75, 3.05) is 5.32 Å². The summed E-state index contributed by atoms with van der Waals surface area (Å²) in [7, 11) is 0. The molecule has 90 valence electrons. The second kappa shape index (κ2) is 4.95. The Hall–Kier alpha value is -1.90. The number of aromatic hydroxyl groups is 1. The topological polar surface area (TPSA) is 45.4 Å². The van der Waals surface area contributed by atoms with E-state index in [4.69, 9.17) is 4.42 Å². The highest BCUT2D eigenvalue weighted by Crippen LogP contribution is 2.20. The lowest BCUT2D eigenvalue weighted by molar-refractivity contribution is 0.471. The zero-order chi connectivity index (χ0) is 12.3. The Labute approximate surface area is 101 Å². The molecule has 0 spiro atoms. The standard InChI is InChI=1S/C14H17NO2/c1-3-12-5-6-13(17-12)9-15-11-4-7-14(16)10(2)8-11/h4-8,15-16H,3,9H2,1-2H3. The summed E-state index contributed by atoms with van der Waals surface area (Å²) in [5, 5.41) is 12.7. The maximum atomic E-state index is 9.42. The molecule has 1 aromatic heterocycles. The summed E-state index contributed by atoms with van der Waals surface area (Å²) in [4.78, 5) is 0. The van der Waals surface area contributed by atoms with E-state index in [1.165, 1.54) is 0 Å². The summed E-state index contributed by atoms with van der Waals surface area (Å²) in [5.74, 6) is 2.25. The second-order valence-electron chi connectivity index (χ2n) is 4.08. The molecule has 3 nitrogen and oxygen atoms in total. The van der Waals surface area contributed by atoms with Crippen molar-refractivity contribution in [3.05, 3.63) is 47.4 Å². The van der Waals surface area contributed by atoms with Crippen LogP contribution in [0.3, 0.4) is 0 Å². The summed E-state index contributed by atoms with van der Waals surface area (Å²) in [6, 6.07) is 9.44. The van der Waals surface area contributed by atoms with Crippen molar-refractivity contribution < 1.29 is 9.52 Å². The van der Waals surface area contributed by atoms with Crippen molar-refractivity contribution in [2.45, 2.75) is 26.8 Å². The number of furan rings is 1. The molecule has 17 heavy (non-hydrogen) atoms. The van der Waals surface area contributed by atoms with Crippen LogP contribution in [0.5, 0.6) is 5.75 Å². The lowest BCUT2D eigenvalue weighted by Crippen LogP contribution is -1.98. The van der Waals surface area contributed by atoms with Crippen LogP contribution in [-0.2, 0) is 13.0 Å². The fourth-order valence-electron chi connectivity index (χ4n) is 1.66. The van der Waals surface area contributed by atoms with Crippen LogP contribution in [0, 0.1) is 6.92 Å². The van der Waals surface area contributed by atoms with Gasteiger partial charge in [0.1, 0.15) is 17.3 Å². The molecule has 0 bridgehead atoms. The molecular formula is C14H17NO2. The maximum absolute atomic E-state index is 9.42. The zero-order valence-electron chi connectivity index (χ0n) is 10.2. The highest BCUT2D eigenvalue weighted by Gasteiger charge is 2.01. The first-order valence-corrected chi connectivity index (χ1v) is 5.80. The molecule has 2 rings (SSSR count). The molecule has 3 heteroatoms. The van der Waals surface area contributed by atoms with Gasteiger partial charge in [-0.3, -0.25) is 0 Å². The van der Waals surface area contributed by atoms with E-state index in [0.717, 1.165) is 29.2 Å². The zero-order valence-corrected chi connectivity index (χ0v) is 10.2. The molecule has 0 saturated heterocycles. The Balaban J connectivity index is 1.99. The van der Waals surface area contributed by atoms with Crippen LogP contribution < -0.4 is 5.32 Å². The number of anilines is 1. The fraction of sp³-hybridized carbons (Fsp3) is 0.286. The monoisotopic (exact) mass is 231 g/mol. The van der Waals surface area contributed by atoms with Gasteiger partial charge in [-0.1, -0.05) is 6.92 Å². The molecule has 1 heterocycles. The summed E-state index contributed by atoms with van der Waals surface area (Å²) in [6.07, 6.45) is 0.915. The van der Waals surface area contributed by atoms with Crippen LogP contribution in [-0.4, -0.2) is 5.11 Å². The van der Waals surface area contributed by atoms with E-state index in [2.05, 4.69) is 12.2 Å². The molecule has 0 aliphatic heterocycles. The number of rotatable bonds is 4. The van der Waals surface area contributed by atoms with E-state index in [9.17, 15) is 5.11 Å². The smallest absolute Gasteiger partial charge is 0.123 e. The van der Waals surface area contributed by atoms with Crippen LogP contribution in [0.25, 0.3) is 0 Å². The number of hydrogen-bond acceptors (Lipinski definition) is 3. The molecule has 0 radical (unpaired) electrons. The van der Waals surface area contributed by atoms with E-state index < -0.39 is 0 Å². The Morgan fingerprint density at radius 2 is 1.94 bits per heavy atom. The molecular weight excluding hydrogens is 214 g/mol. The number of phenolic OH excluding ortho intramolecular Hbond substituents is 1. The molecule has 0 amide bonds. The number of phenols is 1. The number of aryl methyl sites for hydroxylation is 2. The highest BCUT2D eigenvalue weighted by atomic mass is 16.3. The Morgan fingerprint density at radius 1 is 1.18 bits per heavy atom. The van der Waals surface area contributed by atoms with Gasteiger partial charge in [-0.15, -0.1) is 0 Å². The molecule has 0 fully saturated rings. The fourth-order valence-corrected chi connectivity index (χ4v) is 1.66. The van der Waals surface area contributed by atoms with E-state index in [1.807, 2.05) is 31.2 Å². The van der Waals surface area contributed by atoms with Crippen LogP contribution in [0.1, 0.15) is 24.0 Å². The van der Waals surface area contributed by atoms with E-state index >= 15 is 0 Å². The van der Waals surface area contributed by atoms with Crippen molar-refractivity contribution in [1.29, 1.82) is 0 Å². The van der Waals surface area contributed by atoms with Gasteiger partial charge < -0.3 is 14.8 Å². The molecule has 2 N–H and O–H groups in total. The average molecular weight is 231 g/mol. The minimum absolute atomic E-state index is 0.321. The highest BCUT2D eigenvalue weighted by molar-refractivity contribution is 5.50. The van der Waals surface area contributed by atoms with Crippen LogP contribution >= 0.6 is 0 Å². The predicted molar refractivity (Wildman–Crippen MR) is 68.3 cm³/mol. The van der Waals surface area contributed by atoms with Gasteiger partial charge in [-0.05, 0) is 42.8 Å². The van der Waals surface area contributed by atoms with Crippen molar-refractivity contribution in [2.24, 2.45) is 0 Å². The van der Waals surface area contributed by atoms with Crippen molar-refractivity contribution in [3.8, 4) is 5.75 Å². The van der Waals surface area contributed by atoms with Crippen LogP contribution in [0.4, 0.5) is 5.69 Å². The molecule has 0 aliphatic rings. The lowest BCUT2D eigenvalue weighted by atomic mass is 10.2. The van der Waals surface area contributed by atoms with E-state index in [-0.39, 0.29) is 0 Å². The molecule has 1 aromatic carbocycles. The molecule has 0 atom stereocenters. The first kappa shape index (κ1) is 11.6. The Kier molecular flexibility index (Phi) is 3.38. The van der Waals surface area contributed by atoms with Crippen LogP contribution in [0.15, 0.2) is 34.7 Å². The molecule has 0 saturated carbocycles. The number of nitrogens with one attached hydrogen (secondary N) is 1. The quantitative estimate of drug-likeness (QED) is 0.792. The largest absolute Gasteiger partial charge is 0.508 e. The first-order chi connectivity index (χ1) is 8.19. The van der Waals surface area contributed by atoms with E-state index in [1.54, 1.807) is 6.07 Å². The van der Waals surface area contributed by atoms with Gasteiger partial charge in [0.2, 0.25) is 0 Å². The van der Waals surface area contributed by atoms with Gasteiger partial charge in [0.15, 0.2) is 0 Å². The third kappa shape index (κ3) is 2.81. The van der Waals surface area contributed by atoms with Crippen molar-refractivity contribution in [3.63, 3.8) is 0 Å². The van der Waals surface area contributed by atoms with Gasteiger partial charge in [-0.2, -0.15) is 0 Å². The second-order valence-corrected chi connectivity index (χ2v) is 4.08. The average Bonchev–Trinajstić information content (AvgIpc) is 2.79. The number of hydrogen-bond donors (Lipinski definition) is 2. The SMILES string of the molecule is CCc1ccc(CNc2ccc(O)c(C)c2)o1. The van der Waals surface area contributed by atoms with Gasteiger partial charge >= 0.3 is 0 Å². The minimum atomic E-state index is 0.321. The van der Waals surface area contributed by atoms with Crippen LogP contribution in [0.2, 0.25) is 0 Å². The van der Waals surface area contributed by atoms with Gasteiger partial charge in [-0.25, -0.2) is 0 Å². The number of benzene rings is 1. The summed E-state index contributed by atoms with van der Waals surface area (Å²) in [6.45, 7) is 4.60. The third-order valence-electron chi connectivity index (χ3n) is 2.73. The summed E-state index contributed by atoms with van der Waals surface area (Å²) in [5.41, 5.74) is 1.85. The Bertz CT molecular complexity index is 503. The molecule has 0 unspecified atom stereocenters. The van der Waals surface area contributed by atoms with Gasteiger partial charge in [0.05, 0.1) is 6.54 Å². The lowest BCUT2D eigenvalue weighted by Gasteiger charge is -2.06. The minimum Gasteiger partial charge on any atom is -0.508 e. The first-order valence-electron chi connectivity index (χ1n) is 5.80. The van der Waals surface area contributed by atoms with Gasteiger partial charge in [0.25, 0.3) is 0 Å². The maximum Gasteiger partial charge on any atom is 0.123 e. The van der Waals surface area contributed by atoms with Crippen molar-refractivity contribution >= 4 is 5.69 Å². The van der Waals surface area contributed by atoms with E-state index in [0.29, 0.717) is 12.3 Å². The third-order valence-corrected chi connectivity index (χ3v) is 2.73.